The van der Waals surface area contributed by atoms with Crippen LogP contribution in [0.5, 0.6) is 0 Å². The van der Waals surface area contributed by atoms with Gasteiger partial charge in [0.25, 0.3) is 0 Å². The molecule has 0 atom stereocenters. The standard InChI is InChI=1S/C20H21Cl2N3O/c21-18-9-8-17(15-19(18)22)23-20(26)25-13-11-24(12-14-25)10-4-7-16-5-2-1-3-6-16/h1-9,15H,10-14H2,(H,23,26). The summed E-state index contributed by atoms with van der Waals surface area (Å²) in [5.41, 5.74) is 1.85. The van der Waals surface area contributed by atoms with E-state index in [9.17, 15) is 4.79 Å². The van der Waals surface area contributed by atoms with Gasteiger partial charge in [0.2, 0.25) is 0 Å². The van der Waals surface area contributed by atoms with Gasteiger partial charge in [-0.15, -0.1) is 0 Å². The van der Waals surface area contributed by atoms with Gasteiger partial charge < -0.3 is 10.2 Å². The first-order chi connectivity index (χ1) is 12.6. The number of halogens is 2. The zero-order valence-corrected chi connectivity index (χ0v) is 15.9. The van der Waals surface area contributed by atoms with Crippen molar-refractivity contribution >= 4 is 41.0 Å². The van der Waals surface area contributed by atoms with Crippen LogP contribution in [-0.4, -0.2) is 48.6 Å². The van der Waals surface area contributed by atoms with E-state index in [0.29, 0.717) is 28.8 Å². The van der Waals surface area contributed by atoms with E-state index in [4.69, 9.17) is 23.2 Å². The number of nitrogens with one attached hydrogen (secondary N) is 1. The van der Waals surface area contributed by atoms with Gasteiger partial charge in [0.15, 0.2) is 0 Å². The molecule has 1 N–H and O–H groups in total. The predicted octanol–water partition coefficient (Wildman–Crippen LogP) is 4.86. The number of hydrogen-bond donors (Lipinski definition) is 1. The molecule has 2 aromatic carbocycles. The lowest BCUT2D eigenvalue weighted by Gasteiger charge is -2.34. The number of amides is 2. The Morgan fingerprint density at radius 2 is 1.73 bits per heavy atom. The van der Waals surface area contributed by atoms with Gasteiger partial charge in [0, 0.05) is 38.4 Å². The Kier molecular flexibility index (Phi) is 6.56. The largest absolute Gasteiger partial charge is 0.322 e. The Hall–Kier alpha value is -2.01. The molecule has 0 aromatic heterocycles. The number of rotatable bonds is 4. The molecule has 6 heteroatoms. The van der Waals surface area contributed by atoms with Crippen molar-refractivity contribution in [1.29, 1.82) is 0 Å². The monoisotopic (exact) mass is 389 g/mol. The summed E-state index contributed by atoms with van der Waals surface area (Å²) in [6.45, 7) is 4.00. The minimum Gasteiger partial charge on any atom is -0.322 e. The molecular formula is C20H21Cl2N3O. The number of carbonyl (C=O) groups is 1. The van der Waals surface area contributed by atoms with Crippen LogP contribution in [0.15, 0.2) is 54.6 Å². The molecule has 136 valence electrons. The van der Waals surface area contributed by atoms with Crippen LogP contribution >= 0.6 is 23.2 Å². The third kappa shape index (κ3) is 5.24. The smallest absolute Gasteiger partial charge is 0.321 e. The Morgan fingerprint density at radius 3 is 2.42 bits per heavy atom. The first-order valence-corrected chi connectivity index (χ1v) is 9.32. The molecule has 1 saturated heterocycles. The van der Waals surface area contributed by atoms with Crippen molar-refractivity contribution in [2.75, 3.05) is 38.0 Å². The highest BCUT2D eigenvalue weighted by Crippen LogP contribution is 2.25. The summed E-state index contributed by atoms with van der Waals surface area (Å²) in [4.78, 5) is 16.5. The third-order valence-corrected chi connectivity index (χ3v) is 5.04. The Labute approximate surface area is 164 Å². The van der Waals surface area contributed by atoms with E-state index in [1.54, 1.807) is 18.2 Å². The van der Waals surface area contributed by atoms with Gasteiger partial charge in [-0.1, -0.05) is 65.7 Å². The van der Waals surface area contributed by atoms with Crippen molar-refractivity contribution in [3.05, 3.63) is 70.2 Å². The number of piperazine rings is 1. The molecule has 1 aliphatic rings. The molecule has 0 spiro atoms. The molecule has 4 nitrogen and oxygen atoms in total. The van der Waals surface area contributed by atoms with Gasteiger partial charge >= 0.3 is 6.03 Å². The number of carbonyl (C=O) groups excluding carboxylic acids is 1. The van der Waals surface area contributed by atoms with Crippen molar-refractivity contribution in [1.82, 2.24) is 9.80 Å². The number of nitrogens with zero attached hydrogens (tertiary/aromatic N) is 2. The lowest BCUT2D eigenvalue weighted by Crippen LogP contribution is -2.49. The summed E-state index contributed by atoms with van der Waals surface area (Å²) in [6, 6.07) is 15.2. The zero-order chi connectivity index (χ0) is 18.4. The van der Waals surface area contributed by atoms with Gasteiger partial charge in [-0.3, -0.25) is 4.90 Å². The van der Waals surface area contributed by atoms with Crippen LogP contribution in [-0.2, 0) is 0 Å². The van der Waals surface area contributed by atoms with E-state index in [1.165, 1.54) is 5.56 Å². The van der Waals surface area contributed by atoms with E-state index in [1.807, 2.05) is 23.1 Å². The molecule has 0 bridgehead atoms. The average molecular weight is 390 g/mol. The highest BCUT2D eigenvalue weighted by atomic mass is 35.5. The topological polar surface area (TPSA) is 35.6 Å². The lowest BCUT2D eigenvalue weighted by molar-refractivity contribution is 0.156. The first kappa shape index (κ1) is 18.8. The van der Waals surface area contributed by atoms with Crippen molar-refractivity contribution < 1.29 is 4.79 Å². The molecule has 1 heterocycles. The van der Waals surface area contributed by atoms with E-state index < -0.39 is 0 Å². The van der Waals surface area contributed by atoms with Crippen molar-refractivity contribution in [2.24, 2.45) is 0 Å². The normalized spacial score (nSPS) is 15.4. The van der Waals surface area contributed by atoms with Crippen LogP contribution in [0.25, 0.3) is 6.08 Å². The second-order valence-electron chi connectivity index (χ2n) is 6.16. The van der Waals surface area contributed by atoms with Crippen molar-refractivity contribution in [3.8, 4) is 0 Å². The minimum atomic E-state index is -0.108. The van der Waals surface area contributed by atoms with Gasteiger partial charge in [-0.05, 0) is 23.8 Å². The van der Waals surface area contributed by atoms with Crippen LogP contribution in [0.1, 0.15) is 5.56 Å². The Balaban J connectivity index is 1.44. The third-order valence-electron chi connectivity index (χ3n) is 4.30. The predicted molar refractivity (Wildman–Crippen MR) is 109 cm³/mol. The molecule has 1 fully saturated rings. The second kappa shape index (κ2) is 9.08. The van der Waals surface area contributed by atoms with E-state index in [0.717, 1.165) is 19.6 Å². The van der Waals surface area contributed by atoms with Gasteiger partial charge in [-0.2, -0.15) is 0 Å². The quantitative estimate of drug-likeness (QED) is 0.810. The van der Waals surface area contributed by atoms with Crippen LogP contribution in [0.2, 0.25) is 10.0 Å². The molecule has 0 aliphatic carbocycles. The molecule has 0 saturated carbocycles. The maximum absolute atomic E-state index is 12.4. The Morgan fingerprint density at radius 1 is 1.00 bits per heavy atom. The lowest BCUT2D eigenvalue weighted by atomic mass is 10.2. The maximum atomic E-state index is 12.4. The highest BCUT2D eigenvalue weighted by Gasteiger charge is 2.20. The van der Waals surface area contributed by atoms with Gasteiger partial charge in [0.1, 0.15) is 0 Å². The fourth-order valence-corrected chi connectivity index (χ4v) is 3.11. The SMILES string of the molecule is O=C(Nc1ccc(Cl)c(Cl)c1)N1CCN(CC=Cc2ccccc2)CC1. The molecule has 3 rings (SSSR count). The number of anilines is 1. The molecule has 2 aromatic rings. The molecule has 26 heavy (non-hydrogen) atoms. The minimum absolute atomic E-state index is 0.108. The van der Waals surface area contributed by atoms with Gasteiger partial charge in [0.05, 0.1) is 10.0 Å². The maximum Gasteiger partial charge on any atom is 0.321 e. The number of hydrogen-bond acceptors (Lipinski definition) is 2. The molecule has 0 radical (unpaired) electrons. The number of benzene rings is 2. The highest BCUT2D eigenvalue weighted by molar-refractivity contribution is 6.42. The van der Waals surface area contributed by atoms with Crippen molar-refractivity contribution in [2.45, 2.75) is 0 Å². The van der Waals surface area contributed by atoms with E-state index in [2.05, 4.69) is 34.5 Å². The fourth-order valence-electron chi connectivity index (χ4n) is 2.81. The first-order valence-electron chi connectivity index (χ1n) is 8.57. The Bertz CT molecular complexity index is 772. The summed E-state index contributed by atoms with van der Waals surface area (Å²) in [7, 11) is 0. The van der Waals surface area contributed by atoms with Crippen LogP contribution in [0.4, 0.5) is 10.5 Å². The molecule has 2 amide bonds. The summed E-state index contributed by atoms with van der Waals surface area (Å²) < 4.78 is 0. The van der Waals surface area contributed by atoms with Gasteiger partial charge in [-0.25, -0.2) is 4.79 Å². The van der Waals surface area contributed by atoms with E-state index in [-0.39, 0.29) is 6.03 Å². The van der Waals surface area contributed by atoms with Crippen LogP contribution in [0, 0.1) is 0 Å². The average Bonchev–Trinajstić information content (AvgIpc) is 2.66. The number of urea groups is 1. The summed E-state index contributed by atoms with van der Waals surface area (Å²) in [5.74, 6) is 0. The van der Waals surface area contributed by atoms with E-state index >= 15 is 0 Å². The summed E-state index contributed by atoms with van der Waals surface area (Å²) in [6.07, 6.45) is 4.30. The second-order valence-corrected chi connectivity index (χ2v) is 6.97. The van der Waals surface area contributed by atoms with Crippen LogP contribution in [0.3, 0.4) is 0 Å². The molecular weight excluding hydrogens is 369 g/mol. The van der Waals surface area contributed by atoms with Crippen molar-refractivity contribution in [3.63, 3.8) is 0 Å². The molecule has 1 aliphatic heterocycles. The van der Waals surface area contributed by atoms with Crippen LogP contribution < -0.4 is 5.32 Å². The zero-order valence-electron chi connectivity index (χ0n) is 14.4. The fraction of sp³-hybridized carbons (Fsp3) is 0.250. The summed E-state index contributed by atoms with van der Waals surface area (Å²) in [5, 5.41) is 3.77. The summed E-state index contributed by atoms with van der Waals surface area (Å²) >= 11 is 11.9. The molecule has 0 unspecified atom stereocenters.